The summed E-state index contributed by atoms with van der Waals surface area (Å²) in [7, 11) is -1.44. The van der Waals surface area contributed by atoms with Gasteiger partial charge in [-0.05, 0) is 62.4 Å². The highest BCUT2D eigenvalue weighted by Crippen LogP contribution is 3.01. The lowest BCUT2D eigenvalue weighted by Gasteiger charge is -2.37. The van der Waals surface area contributed by atoms with Crippen molar-refractivity contribution >= 4 is 82.1 Å². The number of nitrogens with one attached hydrogen (secondary N) is 3. The van der Waals surface area contributed by atoms with E-state index >= 15 is 0 Å². The lowest BCUT2D eigenvalue weighted by molar-refractivity contribution is -0.134. The molecule has 9 rings (SSSR count). The van der Waals surface area contributed by atoms with Gasteiger partial charge in [-0.2, -0.15) is 0 Å². The number of phosphoric ester groups is 1. The highest BCUT2D eigenvalue weighted by molar-refractivity contribution is 7.46. The van der Waals surface area contributed by atoms with Gasteiger partial charge >= 0.3 is 13.9 Å². The van der Waals surface area contributed by atoms with Crippen molar-refractivity contribution in [3.8, 4) is 11.5 Å². The van der Waals surface area contributed by atoms with Gasteiger partial charge in [-0.15, -0.1) is 23.2 Å². The molecule has 5 aliphatic rings. The van der Waals surface area contributed by atoms with Crippen LogP contribution >= 0.6 is 31.0 Å². The molecule has 2 aliphatic heterocycles. The Balaban J connectivity index is 1.03. The van der Waals surface area contributed by atoms with Crippen LogP contribution in [-0.2, 0) is 14.2 Å². The third kappa shape index (κ3) is 4.70. The van der Waals surface area contributed by atoms with Crippen LogP contribution < -0.4 is 24.4 Å². The molecule has 286 valence electrons. The number of ether oxygens (including phenoxy) is 1. The summed E-state index contributed by atoms with van der Waals surface area (Å²) >= 11 is 13.1. The van der Waals surface area contributed by atoms with Gasteiger partial charge in [0.1, 0.15) is 0 Å². The standard InChI is InChI=1S/C37H41Cl2N6O8P/c1-18-11-41-30-24(52-34(48)43(4)6-5-40-3)7-22-28(26(18)30)20(9-38)13-44(22)32(46)35-15-36(17-37(35,36)16-35)33(47)45-14-21(10-39)29-23(45)8-25(53-54(49,50)51)31-27(29)19(2)12-42-31/h7-8,11-12,20-21,40-42H,5-6,9-10,13-17H2,1-4H3,(H2,49,50,51). The molecule has 0 bridgehead atoms. The summed E-state index contributed by atoms with van der Waals surface area (Å²) in [5.74, 6) is 0.308. The number of amides is 3. The summed E-state index contributed by atoms with van der Waals surface area (Å²) < 4.78 is 23.0. The van der Waals surface area contributed by atoms with Crippen LogP contribution in [0.1, 0.15) is 53.4 Å². The molecule has 5 N–H and O–H groups in total. The fourth-order valence-corrected chi connectivity index (χ4v) is 11.3. The van der Waals surface area contributed by atoms with Crippen molar-refractivity contribution in [3.63, 3.8) is 0 Å². The molecule has 2 aromatic heterocycles. The van der Waals surface area contributed by atoms with Crippen molar-refractivity contribution in [2.45, 2.75) is 44.9 Å². The van der Waals surface area contributed by atoms with Crippen LogP contribution in [0.4, 0.5) is 16.2 Å². The highest BCUT2D eigenvalue weighted by atomic mass is 35.5. The SMILES string of the molecule is CNCCN(C)C(=O)Oc1cc2c(c3c(C)c[nH]c13)C(CCl)CN2C(=O)C12CC3(C(=O)N4CC(CCl)c5c4cc(OP(=O)(O)O)c4[nH]cc(C)c54)CC13C2. The summed E-state index contributed by atoms with van der Waals surface area (Å²) in [6.45, 7) is 5.58. The van der Waals surface area contributed by atoms with Gasteiger partial charge in [-0.25, -0.2) is 9.36 Å². The number of aromatic amines is 2. The second kappa shape index (κ2) is 11.9. The molecule has 4 aromatic rings. The Bertz CT molecular complexity index is 2380. The van der Waals surface area contributed by atoms with E-state index in [2.05, 4.69) is 15.3 Å². The average molecular weight is 800 g/mol. The largest absolute Gasteiger partial charge is 0.524 e. The first kappa shape index (κ1) is 35.9. The average Bonchev–Trinajstić information content (AvgIpc) is 3.52. The van der Waals surface area contributed by atoms with Gasteiger partial charge in [0.2, 0.25) is 11.8 Å². The first-order chi connectivity index (χ1) is 25.7. The van der Waals surface area contributed by atoms with E-state index in [0.29, 0.717) is 79.5 Å². The van der Waals surface area contributed by atoms with Crippen LogP contribution in [0, 0.1) is 30.1 Å². The number of rotatable bonds is 10. The Morgan fingerprint density at radius 3 is 1.87 bits per heavy atom. The van der Waals surface area contributed by atoms with Crippen molar-refractivity contribution in [1.82, 2.24) is 20.2 Å². The first-order valence-electron chi connectivity index (χ1n) is 18.0. The number of nitrogens with zero attached hydrogens (tertiary/aromatic N) is 3. The zero-order valence-electron chi connectivity index (χ0n) is 30.2. The number of hydrogen-bond donors (Lipinski definition) is 5. The second-order valence-electron chi connectivity index (χ2n) is 15.8. The lowest BCUT2D eigenvalue weighted by atomic mass is 9.72. The van der Waals surface area contributed by atoms with E-state index in [9.17, 15) is 28.7 Å². The fraction of sp³-hybridized carbons (Fsp3) is 0.486. The van der Waals surface area contributed by atoms with Crippen molar-refractivity contribution in [2.75, 3.05) is 61.8 Å². The number of H-pyrrole nitrogens is 2. The quantitative estimate of drug-likeness (QED) is 0.101. The number of hydrogen-bond acceptors (Lipinski definition) is 7. The van der Waals surface area contributed by atoms with Crippen LogP contribution in [0.5, 0.6) is 11.5 Å². The van der Waals surface area contributed by atoms with E-state index in [-0.39, 0.29) is 35.3 Å². The van der Waals surface area contributed by atoms with E-state index in [4.69, 9.17) is 32.5 Å². The molecule has 3 saturated carbocycles. The van der Waals surface area contributed by atoms with Gasteiger partial charge in [0.15, 0.2) is 11.5 Å². The number of benzene rings is 2. The van der Waals surface area contributed by atoms with E-state index in [1.54, 1.807) is 29.1 Å². The summed E-state index contributed by atoms with van der Waals surface area (Å²) in [6.07, 6.45) is 4.65. The first-order valence-corrected chi connectivity index (χ1v) is 20.6. The van der Waals surface area contributed by atoms with Gasteiger partial charge in [-0.3, -0.25) is 19.4 Å². The Kier molecular flexibility index (Phi) is 7.89. The second-order valence-corrected chi connectivity index (χ2v) is 17.6. The molecular weight excluding hydrogens is 758 g/mol. The molecule has 5 atom stereocenters. The molecule has 3 aliphatic carbocycles. The number of carbonyl (C=O) groups excluding carboxylic acids is 3. The number of likely N-dealkylation sites (N-methyl/N-ethyl adjacent to an activating group) is 2. The number of halogens is 2. The summed E-state index contributed by atoms with van der Waals surface area (Å²) in [4.78, 5) is 73.3. The minimum Gasteiger partial charge on any atom is -0.408 e. The molecule has 3 amide bonds. The van der Waals surface area contributed by atoms with Crippen LogP contribution in [-0.4, -0.2) is 94.6 Å². The minimum atomic E-state index is -4.92. The molecule has 5 unspecified atom stereocenters. The molecule has 17 heteroatoms. The number of carbonyl (C=O) groups is 3. The number of alkyl halides is 2. The van der Waals surface area contributed by atoms with E-state index in [1.165, 1.54) is 11.0 Å². The molecule has 4 heterocycles. The predicted octanol–water partition coefficient (Wildman–Crippen LogP) is 5.60. The molecular formula is C37H41Cl2N6O8P. The molecule has 0 radical (unpaired) electrons. The zero-order valence-corrected chi connectivity index (χ0v) is 32.6. The van der Waals surface area contributed by atoms with Crippen LogP contribution in [0.2, 0.25) is 0 Å². The van der Waals surface area contributed by atoms with Crippen molar-refractivity contribution in [1.29, 1.82) is 0 Å². The van der Waals surface area contributed by atoms with Gasteiger partial charge in [-0.1, -0.05) is 0 Å². The van der Waals surface area contributed by atoms with Crippen LogP contribution in [0.15, 0.2) is 24.5 Å². The maximum Gasteiger partial charge on any atom is 0.524 e. The third-order valence-corrected chi connectivity index (χ3v) is 14.2. The third-order valence-electron chi connectivity index (χ3n) is 13.0. The number of anilines is 2. The minimum absolute atomic E-state index is 0.0457. The smallest absolute Gasteiger partial charge is 0.408 e. The predicted molar refractivity (Wildman–Crippen MR) is 204 cm³/mol. The topological polar surface area (TPSA) is 181 Å². The van der Waals surface area contributed by atoms with E-state index in [1.807, 2.05) is 27.1 Å². The summed E-state index contributed by atoms with van der Waals surface area (Å²) in [5, 5.41) is 4.64. The Hall–Kier alpha value is -3.78. The van der Waals surface area contributed by atoms with Crippen LogP contribution in [0.3, 0.4) is 0 Å². The maximum atomic E-state index is 14.8. The summed E-state index contributed by atoms with van der Waals surface area (Å²) in [6, 6.07) is 3.29. The Morgan fingerprint density at radius 2 is 1.41 bits per heavy atom. The molecule has 14 nitrogen and oxygen atoms in total. The fourth-order valence-electron chi connectivity index (χ4n) is 10.4. The van der Waals surface area contributed by atoms with Gasteiger partial charge < -0.3 is 39.2 Å². The summed E-state index contributed by atoms with van der Waals surface area (Å²) in [5.41, 5.74) is 3.98. The monoisotopic (exact) mass is 798 g/mol. The lowest BCUT2D eigenvalue weighted by Crippen LogP contribution is -2.49. The molecule has 1 spiro atoms. The van der Waals surface area contributed by atoms with Crippen LogP contribution in [0.25, 0.3) is 21.8 Å². The number of fused-ring (bicyclic) bond motifs is 6. The zero-order chi connectivity index (χ0) is 38.3. The Labute approximate surface area is 320 Å². The van der Waals surface area contributed by atoms with Crippen molar-refractivity contribution in [2.24, 2.45) is 16.2 Å². The molecule has 2 aromatic carbocycles. The Morgan fingerprint density at radius 1 is 0.907 bits per heavy atom. The van der Waals surface area contributed by atoms with Crippen molar-refractivity contribution < 1.29 is 38.0 Å². The molecule has 3 fully saturated rings. The van der Waals surface area contributed by atoms with E-state index < -0.39 is 30.2 Å². The number of aryl methyl sites for hydroxylation is 2. The molecule has 54 heavy (non-hydrogen) atoms. The number of phosphoric acid groups is 1. The molecule has 0 saturated heterocycles. The van der Waals surface area contributed by atoms with Crippen molar-refractivity contribution in [3.05, 3.63) is 46.8 Å². The maximum absolute atomic E-state index is 14.8. The number of aromatic nitrogens is 2. The van der Waals surface area contributed by atoms with Gasteiger partial charge in [0.25, 0.3) is 0 Å². The normalized spacial score (nSPS) is 27.3. The van der Waals surface area contributed by atoms with Gasteiger partial charge in [0.05, 0.1) is 33.2 Å². The highest BCUT2D eigenvalue weighted by Gasteiger charge is 3.01. The van der Waals surface area contributed by atoms with Gasteiger partial charge in [0, 0.05) is 97.5 Å². The van der Waals surface area contributed by atoms with E-state index in [0.717, 1.165) is 33.0 Å².